The molecule has 0 radical (unpaired) electrons. The van der Waals surface area contributed by atoms with Gasteiger partial charge in [-0.1, -0.05) is 12.1 Å². The van der Waals surface area contributed by atoms with Crippen LogP contribution in [0.15, 0.2) is 60.9 Å². The average Bonchev–Trinajstić information content (AvgIpc) is 3.52. The zero-order valence-corrected chi connectivity index (χ0v) is 15.9. The minimum absolute atomic E-state index is 0.00736. The van der Waals surface area contributed by atoms with Crippen molar-refractivity contribution in [2.24, 2.45) is 0 Å². The molecule has 0 spiro atoms. The number of hydrogen-bond acceptors (Lipinski definition) is 5. The number of nitrogens with zero attached hydrogens (tertiary/aromatic N) is 5. The van der Waals surface area contributed by atoms with E-state index in [1.165, 1.54) is 18.3 Å². The second kappa shape index (κ2) is 7.11. The van der Waals surface area contributed by atoms with E-state index in [0.29, 0.717) is 17.8 Å². The molecule has 30 heavy (non-hydrogen) atoms. The molecule has 1 N–H and O–H groups in total. The van der Waals surface area contributed by atoms with E-state index in [1.807, 2.05) is 29.2 Å². The molecule has 1 atom stereocenters. The highest BCUT2D eigenvalue weighted by Crippen LogP contribution is 2.32. The molecule has 1 saturated heterocycles. The lowest BCUT2D eigenvalue weighted by atomic mass is 10.2. The monoisotopic (exact) mass is 402 g/mol. The lowest BCUT2D eigenvalue weighted by Crippen LogP contribution is -2.30. The van der Waals surface area contributed by atoms with Crippen molar-refractivity contribution < 1.29 is 9.72 Å². The Morgan fingerprint density at radius 2 is 1.97 bits per heavy atom. The molecule has 1 aliphatic rings. The van der Waals surface area contributed by atoms with E-state index in [1.54, 1.807) is 23.0 Å². The Labute approximate surface area is 171 Å². The van der Waals surface area contributed by atoms with E-state index in [0.717, 1.165) is 29.7 Å². The Hall–Kier alpha value is -4.01. The summed E-state index contributed by atoms with van der Waals surface area (Å²) in [4.78, 5) is 33.4. The molecule has 3 heterocycles. The highest BCUT2D eigenvalue weighted by atomic mass is 16.6. The fourth-order valence-electron chi connectivity index (χ4n) is 3.89. The molecule has 1 aliphatic heterocycles. The first-order valence-electron chi connectivity index (χ1n) is 9.65. The number of carbonyl (C=O) groups excluding carboxylic acids is 1. The summed E-state index contributed by atoms with van der Waals surface area (Å²) < 4.78 is 1.54. The lowest BCUT2D eigenvalue weighted by molar-refractivity contribution is -0.384. The number of para-hydroxylation sites is 2. The van der Waals surface area contributed by atoms with Gasteiger partial charge in [0.2, 0.25) is 0 Å². The Morgan fingerprint density at radius 1 is 1.17 bits per heavy atom. The second-order valence-corrected chi connectivity index (χ2v) is 7.24. The number of rotatable bonds is 4. The van der Waals surface area contributed by atoms with Crippen LogP contribution in [-0.4, -0.2) is 42.0 Å². The molecule has 0 aliphatic carbocycles. The van der Waals surface area contributed by atoms with Crippen LogP contribution in [0.3, 0.4) is 0 Å². The molecule has 0 bridgehead atoms. The van der Waals surface area contributed by atoms with Crippen LogP contribution in [0.25, 0.3) is 16.7 Å². The van der Waals surface area contributed by atoms with Gasteiger partial charge in [-0.05, 0) is 37.1 Å². The van der Waals surface area contributed by atoms with Gasteiger partial charge in [0.1, 0.15) is 5.82 Å². The number of carbonyl (C=O) groups is 1. The fourth-order valence-corrected chi connectivity index (χ4v) is 3.89. The Kier molecular flexibility index (Phi) is 4.27. The van der Waals surface area contributed by atoms with Crippen molar-refractivity contribution >= 4 is 22.6 Å². The Balaban J connectivity index is 1.39. The van der Waals surface area contributed by atoms with E-state index in [2.05, 4.69) is 15.1 Å². The average molecular weight is 402 g/mol. The van der Waals surface area contributed by atoms with Crippen molar-refractivity contribution in [2.45, 2.75) is 18.9 Å². The molecule has 1 fully saturated rings. The van der Waals surface area contributed by atoms with Crippen LogP contribution in [0, 0.1) is 10.1 Å². The van der Waals surface area contributed by atoms with Gasteiger partial charge in [-0.25, -0.2) is 9.67 Å². The van der Waals surface area contributed by atoms with E-state index in [4.69, 9.17) is 0 Å². The number of nitro groups is 1. The van der Waals surface area contributed by atoms with Crippen molar-refractivity contribution in [3.8, 4) is 5.69 Å². The van der Waals surface area contributed by atoms with E-state index in [-0.39, 0.29) is 17.6 Å². The predicted octanol–water partition coefficient (Wildman–Crippen LogP) is 3.63. The molecule has 2 aromatic heterocycles. The van der Waals surface area contributed by atoms with Crippen LogP contribution >= 0.6 is 0 Å². The number of non-ortho nitro benzene ring substituents is 1. The number of nitro benzene ring substituents is 1. The molecule has 4 aromatic rings. The number of nitrogens with one attached hydrogen (secondary N) is 1. The Bertz CT molecular complexity index is 1210. The maximum Gasteiger partial charge on any atom is 0.269 e. The first-order chi connectivity index (χ1) is 14.6. The summed E-state index contributed by atoms with van der Waals surface area (Å²) >= 11 is 0. The number of aromatic nitrogens is 4. The topological polar surface area (TPSA) is 110 Å². The van der Waals surface area contributed by atoms with Crippen molar-refractivity contribution in [3.05, 3.63) is 82.4 Å². The summed E-state index contributed by atoms with van der Waals surface area (Å²) in [7, 11) is 0. The molecule has 2 aromatic carbocycles. The van der Waals surface area contributed by atoms with Crippen molar-refractivity contribution in [1.82, 2.24) is 24.6 Å². The summed E-state index contributed by atoms with van der Waals surface area (Å²) in [5, 5.41) is 15.1. The molecule has 1 unspecified atom stereocenters. The van der Waals surface area contributed by atoms with Crippen LogP contribution in [0.1, 0.15) is 35.1 Å². The van der Waals surface area contributed by atoms with E-state index >= 15 is 0 Å². The lowest BCUT2D eigenvalue weighted by Gasteiger charge is -2.22. The Morgan fingerprint density at radius 3 is 2.73 bits per heavy atom. The summed E-state index contributed by atoms with van der Waals surface area (Å²) in [5.41, 5.74) is 2.97. The van der Waals surface area contributed by atoms with Crippen LogP contribution in [0.4, 0.5) is 5.69 Å². The van der Waals surface area contributed by atoms with Gasteiger partial charge in [0.15, 0.2) is 0 Å². The minimum Gasteiger partial charge on any atom is -0.340 e. The van der Waals surface area contributed by atoms with Crippen molar-refractivity contribution in [1.29, 1.82) is 0 Å². The number of imidazole rings is 1. The van der Waals surface area contributed by atoms with Crippen LogP contribution in [0.2, 0.25) is 0 Å². The molecule has 0 saturated carbocycles. The molecule has 9 nitrogen and oxygen atoms in total. The number of hydrogen-bond donors (Lipinski definition) is 1. The third-order valence-electron chi connectivity index (χ3n) is 5.39. The normalized spacial score (nSPS) is 16.3. The standard InChI is InChI=1S/C21H18N6O3/c28-21(14-12-22-26(13-14)15-7-9-16(10-8-15)27(29)30)25-11-3-6-19(25)20-23-17-4-1-2-5-18(17)24-20/h1-2,4-5,7-10,12-13,19H,3,6,11H2,(H,23,24). The number of amides is 1. The van der Waals surface area contributed by atoms with Gasteiger partial charge in [0.05, 0.1) is 39.4 Å². The number of aromatic amines is 1. The first-order valence-corrected chi connectivity index (χ1v) is 9.65. The van der Waals surface area contributed by atoms with Gasteiger partial charge in [0.25, 0.3) is 11.6 Å². The van der Waals surface area contributed by atoms with Crippen LogP contribution < -0.4 is 0 Å². The first kappa shape index (κ1) is 18.0. The molecular weight excluding hydrogens is 384 g/mol. The van der Waals surface area contributed by atoms with Gasteiger partial charge in [-0.2, -0.15) is 5.10 Å². The van der Waals surface area contributed by atoms with Crippen molar-refractivity contribution in [3.63, 3.8) is 0 Å². The highest BCUT2D eigenvalue weighted by Gasteiger charge is 2.33. The zero-order chi connectivity index (χ0) is 20.7. The third kappa shape index (κ3) is 3.10. The maximum absolute atomic E-state index is 13.2. The molecule has 150 valence electrons. The van der Waals surface area contributed by atoms with Crippen molar-refractivity contribution in [2.75, 3.05) is 6.54 Å². The highest BCUT2D eigenvalue weighted by molar-refractivity contribution is 5.94. The fraction of sp³-hybridized carbons (Fsp3) is 0.190. The molecular formula is C21H18N6O3. The summed E-state index contributed by atoms with van der Waals surface area (Å²) in [6, 6.07) is 13.7. The SMILES string of the molecule is O=C(c1cnn(-c2ccc([N+](=O)[O-])cc2)c1)N1CCCC1c1nc2ccccc2[nH]1. The molecule has 9 heteroatoms. The van der Waals surface area contributed by atoms with E-state index < -0.39 is 4.92 Å². The summed E-state index contributed by atoms with van der Waals surface area (Å²) in [5.74, 6) is 0.691. The van der Waals surface area contributed by atoms with Crippen LogP contribution in [0.5, 0.6) is 0 Å². The molecule has 5 rings (SSSR count). The largest absolute Gasteiger partial charge is 0.340 e. The van der Waals surface area contributed by atoms with Gasteiger partial charge in [-0.3, -0.25) is 14.9 Å². The summed E-state index contributed by atoms with van der Waals surface area (Å²) in [6.07, 6.45) is 4.93. The van der Waals surface area contributed by atoms with Crippen LogP contribution in [-0.2, 0) is 0 Å². The third-order valence-corrected chi connectivity index (χ3v) is 5.39. The molecule has 1 amide bonds. The quantitative estimate of drug-likeness (QED) is 0.414. The second-order valence-electron chi connectivity index (χ2n) is 7.24. The smallest absolute Gasteiger partial charge is 0.269 e. The van der Waals surface area contributed by atoms with Gasteiger partial charge >= 0.3 is 0 Å². The zero-order valence-electron chi connectivity index (χ0n) is 15.9. The number of H-pyrrole nitrogens is 1. The van der Waals surface area contributed by atoms with Gasteiger partial charge in [-0.15, -0.1) is 0 Å². The minimum atomic E-state index is -0.451. The number of likely N-dealkylation sites (tertiary alicyclic amines) is 1. The van der Waals surface area contributed by atoms with E-state index in [9.17, 15) is 14.9 Å². The maximum atomic E-state index is 13.2. The van der Waals surface area contributed by atoms with Gasteiger partial charge in [0, 0.05) is 24.9 Å². The number of benzene rings is 2. The predicted molar refractivity (Wildman–Crippen MR) is 109 cm³/mol. The van der Waals surface area contributed by atoms with Gasteiger partial charge < -0.3 is 9.88 Å². The summed E-state index contributed by atoms with van der Waals surface area (Å²) in [6.45, 7) is 0.656. The number of fused-ring (bicyclic) bond motifs is 1.